The molecule has 0 atom stereocenters. The number of benzene rings is 2. The molecule has 0 saturated carbocycles. The van der Waals surface area contributed by atoms with Gasteiger partial charge in [0.05, 0.1) is 19.3 Å². The van der Waals surface area contributed by atoms with Crippen LogP contribution in [0, 0.1) is 6.92 Å². The van der Waals surface area contributed by atoms with E-state index in [9.17, 15) is 4.79 Å². The molecule has 3 aromatic rings. The SMILES string of the molecule is COc1ccc(CCOC(=O)c2ccccc2CSc2nc(C)cs2)cc1. The zero-order valence-electron chi connectivity index (χ0n) is 15.3. The van der Waals surface area contributed by atoms with Crippen molar-refractivity contribution in [1.82, 2.24) is 4.98 Å². The fraction of sp³-hybridized carbons (Fsp3) is 0.238. The number of carbonyl (C=O) groups excluding carboxylic acids is 1. The summed E-state index contributed by atoms with van der Waals surface area (Å²) in [7, 11) is 1.64. The van der Waals surface area contributed by atoms with Gasteiger partial charge in [-0.15, -0.1) is 11.3 Å². The Morgan fingerprint density at radius 3 is 2.63 bits per heavy atom. The predicted molar refractivity (Wildman–Crippen MR) is 110 cm³/mol. The first kappa shape index (κ1) is 19.5. The number of aryl methyl sites for hydroxylation is 1. The van der Waals surface area contributed by atoms with Gasteiger partial charge in [0.15, 0.2) is 0 Å². The number of carbonyl (C=O) groups is 1. The monoisotopic (exact) mass is 399 g/mol. The molecule has 0 fully saturated rings. The lowest BCUT2D eigenvalue weighted by molar-refractivity contribution is 0.0508. The Kier molecular flexibility index (Phi) is 6.90. The van der Waals surface area contributed by atoms with Gasteiger partial charge in [-0.1, -0.05) is 42.1 Å². The molecule has 3 rings (SSSR count). The third kappa shape index (κ3) is 5.58. The molecule has 0 spiro atoms. The van der Waals surface area contributed by atoms with Gasteiger partial charge >= 0.3 is 5.97 Å². The molecular formula is C21H21NO3S2. The van der Waals surface area contributed by atoms with Crippen LogP contribution in [0.25, 0.3) is 0 Å². The van der Waals surface area contributed by atoms with Crippen LogP contribution >= 0.6 is 23.1 Å². The zero-order valence-corrected chi connectivity index (χ0v) is 16.9. The second-order valence-electron chi connectivity index (χ2n) is 5.93. The fourth-order valence-electron chi connectivity index (χ4n) is 2.52. The van der Waals surface area contributed by atoms with Crippen LogP contribution in [0.5, 0.6) is 5.75 Å². The summed E-state index contributed by atoms with van der Waals surface area (Å²) in [6, 6.07) is 15.4. The van der Waals surface area contributed by atoms with E-state index in [1.54, 1.807) is 30.2 Å². The van der Waals surface area contributed by atoms with Crippen LogP contribution in [0.4, 0.5) is 0 Å². The minimum absolute atomic E-state index is 0.282. The average Bonchev–Trinajstić information content (AvgIpc) is 3.12. The number of aromatic nitrogens is 1. The smallest absolute Gasteiger partial charge is 0.338 e. The first-order chi connectivity index (χ1) is 13.2. The molecule has 2 aromatic carbocycles. The molecule has 6 heteroatoms. The predicted octanol–water partition coefficient (Wildman–Crippen LogP) is 5.15. The third-order valence-corrected chi connectivity index (χ3v) is 6.16. The van der Waals surface area contributed by atoms with Gasteiger partial charge in [-0.2, -0.15) is 0 Å². The van der Waals surface area contributed by atoms with Crippen LogP contribution in [0.3, 0.4) is 0 Å². The van der Waals surface area contributed by atoms with Crippen molar-refractivity contribution in [2.24, 2.45) is 0 Å². The Labute approximate surface area is 167 Å². The molecule has 0 unspecified atom stereocenters. The number of hydrogen-bond acceptors (Lipinski definition) is 6. The molecule has 0 aliphatic carbocycles. The van der Waals surface area contributed by atoms with Crippen molar-refractivity contribution in [2.45, 2.75) is 23.4 Å². The average molecular weight is 400 g/mol. The lowest BCUT2D eigenvalue weighted by Crippen LogP contribution is -2.10. The molecule has 0 aliphatic heterocycles. The summed E-state index contributed by atoms with van der Waals surface area (Å²) in [5, 5.41) is 2.03. The van der Waals surface area contributed by atoms with Crippen LogP contribution < -0.4 is 4.74 Å². The summed E-state index contributed by atoms with van der Waals surface area (Å²) in [6.07, 6.45) is 0.672. The van der Waals surface area contributed by atoms with E-state index in [1.807, 2.05) is 60.8 Å². The van der Waals surface area contributed by atoms with Crippen LogP contribution in [-0.2, 0) is 16.9 Å². The number of thioether (sulfide) groups is 1. The molecule has 0 radical (unpaired) electrons. The van der Waals surface area contributed by atoms with Crippen molar-refractivity contribution in [1.29, 1.82) is 0 Å². The van der Waals surface area contributed by atoms with Gasteiger partial charge in [-0.3, -0.25) is 0 Å². The number of rotatable bonds is 8. The van der Waals surface area contributed by atoms with E-state index in [2.05, 4.69) is 4.98 Å². The Morgan fingerprint density at radius 2 is 1.93 bits per heavy atom. The fourth-order valence-corrected chi connectivity index (χ4v) is 4.37. The lowest BCUT2D eigenvalue weighted by Gasteiger charge is -2.09. The first-order valence-electron chi connectivity index (χ1n) is 8.58. The molecule has 4 nitrogen and oxygen atoms in total. The van der Waals surface area contributed by atoms with Crippen LogP contribution in [0.15, 0.2) is 58.3 Å². The quantitative estimate of drug-likeness (QED) is 0.387. The second kappa shape index (κ2) is 9.58. The highest BCUT2D eigenvalue weighted by molar-refractivity contribution is 8.00. The van der Waals surface area contributed by atoms with Gasteiger partial charge in [0.25, 0.3) is 0 Å². The molecule has 0 amide bonds. The maximum Gasteiger partial charge on any atom is 0.338 e. The summed E-state index contributed by atoms with van der Waals surface area (Å²) < 4.78 is 11.7. The molecule has 140 valence electrons. The van der Waals surface area contributed by atoms with Gasteiger partial charge in [0, 0.05) is 23.2 Å². The van der Waals surface area contributed by atoms with Crippen LogP contribution in [0.1, 0.15) is 27.2 Å². The minimum Gasteiger partial charge on any atom is -0.497 e. The summed E-state index contributed by atoms with van der Waals surface area (Å²) in [6.45, 7) is 2.33. The van der Waals surface area contributed by atoms with Gasteiger partial charge in [-0.05, 0) is 36.2 Å². The molecule has 0 saturated heterocycles. The molecule has 0 aliphatic rings. The zero-order chi connectivity index (χ0) is 19.1. The van der Waals surface area contributed by atoms with Crippen molar-refractivity contribution in [3.8, 4) is 5.75 Å². The molecule has 0 N–H and O–H groups in total. The Morgan fingerprint density at radius 1 is 1.15 bits per heavy atom. The normalized spacial score (nSPS) is 10.6. The number of methoxy groups -OCH3 is 1. The highest BCUT2D eigenvalue weighted by Crippen LogP contribution is 2.27. The molecule has 0 bridgehead atoms. The van der Waals surface area contributed by atoms with E-state index in [0.29, 0.717) is 24.3 Å². The van der Waals surface area contributed by atoms with E-state index in [-0.39, 0.29) is 5.97 Å². The minimum atomic E-state index is -0.282. The number of hydrogen-bond donors (Lipinski definition) is 0. The molecular weight excluding hydrogens is 378 g/mol. The van der Waals surface area contributed by atoms with Gasteiger partial charge in [-0.25, -0.2) is 9.78 Å². The highest BCUT2D eigenvalue weighted by Gasteiger charge is 2.13. The maximum atomic E-state index is 12.5. The van der Waals surface area contributed by atoms with Crippen molar-refractivity contribution in [3.05, 3.63) is 76.3 Å². The number of esters is 1. The molecule has 1 heterocycles. The summed E-state index contributed by atoms with van der Waals surface area (Å²) in [4.78, 5) is 17.0. The Balaban J connectivity index is 1.55. The van der Waals surface area contributed by atoms with Gasteiger partial charge in [0.2, 0.25) is 0 Å². The number of ether oxygens (including phenoxy) is 2. The van der Waals surface area contributed by atoms with Gasteiger partial charge in [0.1, 0.15) is 10.1 Å². The van der Waals surface area contributed by atoms with E-state index >= 15 is 0 Å². The number of nitrogens with zero attached hydrogens (tertiary/aromatic N) is 1. The largest absolute Gasteiger partial charge is 0.497 e. The molecule has 27 heavy (non-hydrogen) atoms. The Hall–Kier alpha value is -2.31. The van der Waals surface area contributed by atoms with Crippen LogP contribution in [0.2, 0.25) is 0 Å². The van der Waals surface area contributed by atoms with E-state index in [0.717, 1.165) is 26.9 Å². The van der Waals surface area contributed by atoms with Crippen molar-refractivity contribution >= 4 is 29.1 Å². The standard InChI is InChI=1S/C21H21NO3S2/c1-15-13-26-21(22-15)27-14-17-5-3-4-6-19(17)20(23)25-12-11-16-7-9-18(24-2)10-8-16/h3-10,13H,11-12,14H2,1-2H3. The van der Waals surface area contributed by atoms with Crippen molar-refractivity contribution in [3.63, 3.8) is 0 Å². The molecule has 1 aromatic heterocycles. The van der Waals surface area contributed by atoms with Crippen molar-refractivity contribution in [2.75, 3.05) is 13.7 Å². The third-order valence-electron chi connectivity index (χ3n) is 3.97. The maximum absolute atomic E-state index is 12.5. The van der Waals surface area contributed by atoms with Crippen LogP contribution in [-0.4, -0.2) is 24.7 Å². The van der Waals surface area contributed by atoms with Crippen molar-refractivity contribution < 1.29 is 14.3 Å². The summed E-state index contributed by atoms with van der Waals surface area (Å²) >= 11 is 3.26. The van der Waals surface area contributed by atoms with E-state index in [1.165, 1.54) is 0 Å². The summed E-state index contributed by atoms with van der Waals surface area (Å²) in [5.41, 5.74) is 3.71. The Bertz CT molecular complexity index is 890. The first-order valence-corrected chi connectivity index (χ1v) is 10.4. The van der Waals surface area contributed by atoms with E-state index in [4.69, 9.17) is 9.47 Å². The lowest BCUT2D eigenvalue weighted by atomic mass is 10.1. The van der Waals surface area contributed by atoms with E-state index < -0.39 is 0 Å². The number of thiazole rings is 1. The second-order valence-corrected chi connectivity index (χ2v) is 8.02. The topological polar surface area (TPSA) is 48.4 Å². The summed E-state index contributed by atoms with van der Waals surface area (Å²) in [5.74, 6) is 1.23. The highest BCUT2D eigenvalue weighted by atomic mass is 32.2. The van der Waals surface area contributed by atoms with Gasteiger partial charge < -0.3 is 9.47 Å².